The fourth-order valence-corrected chi connectivity index (χ4v) is 2.39. The SMILES string of the molecule is Cc1nc(Cl)c(C)c(-c2cccc3ccncc23)n1. The molecule has 0 atom stereocenters. The van der Waals surface area contributed by atoms with Gasteiger partial charge in [0.25, 0.3) is 0 Å². The van der Waals surface area contributed by atoms with E-state index < -0.39 is 0 Å². The maximum Gasteiger partial charge on any atom is 0.136 e. The van der Waals surface area contributed by atoms with E-state index in [-0.39, 0.29) is 0 Å². The van der Waals surface area contributed by atoms with E-state index in [4.69, 9.17) is 11.6 Å². The van der Waals surface area contributed by atoms with Crippen LogP contribution in [0.15, 0.2) is 36.7 Å². The third-order valence-corrected chi connectivity index (χ3v) is 3.50. The molecular weight excluding hydrogens is 258 g/mol. The predicted molar refractivity (Wildman–Crippen MR) is 77.3 cm³/mol. The highest BCUT2D eigenvalue weighted by Crippen LogP contribution is 2.31. The van der Waals surface area contributed by atoms with Crippen LogP contribution >= 0.6 is 11.6 Å². The molecule has 3 nitrogen and oxygen atoms in total. The lowest BCUT2D eigenvalue weighted by Crippen LogP contribution is -1.97. The van der Waals surface area contributed by atoms with Gasteiger partial charge in [-0.25, -0.2) is 9.97 Å². The Hall–Kier alpha value is -2.00. The highest BCUT2D eigenvalue weighted by Gasteiger charge is 2.12. The van der Waals surface area contributed by atoms with Gasteiger partial charge in [0, 0.05) is 28.9 Å². The Morgan fingerprint density at radius 3 is 2.74 bits per heavy atom. The van der Waals surface area contributed by atoms with Crippen molar-refractivity contribution < 1.29 is 0 Å². The fourth-order valence-electron chi connectivity index (χ4n) is 2.18. The van der Waals surface area contributed by atoms with Gasteiger partial charge < -0.3 is 0 Å². The molecule has 0 unspecified atom stereocenters. The number of pyridine rings is 1. The number of benzene rings is 1. The Balaban J connectivity index is 2.37. The molecule has 0 bridgehead atoms. The van der Waals surface area contributed by atoms with Crippen LogP contribution in [0.4, 0.5) is 0 Å². The molecule has 3 aromatic rings. The number of rotatable bonds is 1. The molecular formula is C15H12ClN3. The van der Waals surface area contributed by atoms with Crippen LogP contribution in [0.2, 0.25) is 5.15 Å². The lowest BCUT2D eigenvalue weighted by atomic mass is 10.0. The van der Waals surface area contributed by atoms with Gasteiger partial charge in [-0.05, 0) is 25.3 Å². The maximum absolute atomic E-state index is 6.15. The summed E-state index contributed by atoms with van der Waals surface area (Å²) < 4.78 is 0. The average molecular weight is 270 g/mol. The molecule has 0 spiro atoms. The summed E-state index contributed by atoms with van der Waals surface area (Å²) in [4.78, 5) is 12.9. The molecule has 0 radical (unpaired) electrons. The Morgan fingerprint density at radius 2 is 1.89 bits per heavy atom. The number of hydrogen-bond donors (Lipinski definition) is 0. The summed E-state index contributed by atoms with van der Waals surface area (Å²) in [6, 6.07) is 8.10. The molecule has 1 aromatic carbocycles. The summed E-state index contributed by atoms with van der Waals surface area (Å²) in [7, 11) is 0. The highest BCUT2D eigenvalue weighted by molar-refractivity contribution is 6.30. The number of halogens is 1. The van der Waals surface area contributed by atoms with Crippen LogP contribution in [-0.4, -0.2) is 15.0 Å². The number of fused-ring (bicyclic) bond motifs is 1. The summed E-state index contributed by atoms with van der Waals surface area (Å²) in [6.45, 7) is 3.78. The zero-order valence-electron chi connectivity index (χ0n) is 10.7. The third-order valence-electron chi connectivity index (χ3n) is 3.14. The standard InChI is InChI=1S/C15H12ClN3/c1-9-14(18-10(2)19-15(9)16)12-5-3-4-11-6-7-17-8-13(11)12/h3-8H,1-2H3. The minimum absolute atomic E-state index is 0.503. The summed E-state index contributed by atoms with van der Waals surface area (Å²) in [6.07, 6.45) is 3.65. The first-order valence-electron chi connectivity index (χ1n) is 6.00. The van der Waals surface area contributed by atoms with Crippen molar-refractivity contribution in [2.45, 2.75) is 13.8 Å². The van der Waals surface area contributed by atoms with Crippen LogP contribution in [0.1, 0.15) is 11.4 Å². The normalized spacial score (nSPS) is 10.9. The van der Waals surface area contributed by atoms with Gasteiger partial charge in [0.1, 0.15) is 11.0 Å². The molecule has 0 fully saturated rings. The van der Waals surface area contributed by atoms with Crippen LogP contribution in [0.5, 0.6) is 0 Å². The van der Waals surface area contributed by atoms with Crippen molar-refractivity contribution in [1.82, 2.24) is 15.0 Å². The summed E-state index contributed by atoms with van der Waals surface area (Å²) >= 11 is 6.15. The molecule has 0 aliphatic rings. The van der Waals surface area contributed by atoms with Crippen molar-refractivity contribution in [1.29, 1.82) is 0 Å². The van der Waals surface area contributed by atoms with Crippen LogP contribution in [-0.2, 0) is 0 Å². The van der Waals surface area contributed by atoms with E-state index in [0.717, 1.165) is 27.6 Å². The van der Waals surface area contributed by atoms with Gasteiger partial charge >= 0.3 is 0 Å². The van der Waals surface area contributed by atoms with Crippen molar-refractivity contribution in [3.05, 3.63) is 53.2 Å². The molecule has 0 saturated carbocycles. The van der Waals surface area contributed by atoms with Gasteiger partial charge in [-0.3, -0.25) is 4.98 Å². The average Bonchev–Trinajstić information content (AvgIpc) is 2.42. The van der Waals surface area contributed by atoms with Gasteiger partial charge in [0.05, 0.1) is 5.69 Å². The lowest BCUT2D eigenvalue weighted by Gasteiger charge is -2.10. The second-order valence-corrected chi connectivity index (χ2v) is 4.80. The Bertz CT molecular complexity index is 763. The van der Waals surface area contributed by atoms with Crippen LogP contribution < -0.4 is 0 Å². The quantitative estimate of drug-likeness (QED) is 0.628. The Morgan fingerprint density at radius 1 is 1.05 bits per heavy atom. The van der Waals surface area contributed by atoms with Gasteiger partial charge in [0.2, 0.25) is 0 Å². The topological polar surface area (TPSA) is 38.7 Å². The predicted octanol–water partition coefficient (Wildman–Crippen LogP) is 3.96. The highest BCUT2D eigenvalue weighted by atomic mass is 35.5. The molecule has 94 valence electrons. The Labute approximate surface area is 116 Å². The van der Waals surface area contributed by atoms with Crippen molar-refractivity contribution in [2.24, 2.45) is 0 Å². The smallest absolute Gasteiger partial charge is 0.136 e. The molecule has 0 N–H and O–H groups in total. The summed E-state index contributed by atoms with van der Waals surface area (Å²) in [5.74, 6) is 0.673. The lowest BCUT2D eigenvalue weighted by molar-refractivity contribution is 1.04. The van der Waals surface area contributed by atoms with Gasteiger partial charge in [-0.2, -0.15) is 0 Å². The fraction of sp³-hybridized carbons (Fsp3) is 0.133. The van der Waals surface area contributed by atoms with Crippen LogP contribution in [0.3, 0.4) is 0 Å². The molecule has 0 aliphatic carbocycles. The zero-order chi connectivity index (χ0) is 13.4. The molecule has 2 aromatic heterocycles. The first-order valence-corrected chi connectivity index (χ1v) is 6.38. The van der Waals surface area contributed by atoms with Gasteiger partial charge in [-0.1, -0.05) is 29.8 Å². The minimum Gasteiger partial charge on any atom is -0.264 e. The van der Waals surface area contributed by atoms with Gasteiger partial charge in [0.15, 0.2) is 0 Å². The van der Waals surface area contributed by atoms with Crippen molar-refractivity contribution >= 4 is 22.4 Å². The van der Waals surface area contributed by atoms with Crippen LogP contribution in [0.25, 0.3) is 22.0 Å². The summed E-state index contributed by atoms with van der Waals surface area (Å²) in [5, 5.41) is 2.71. The molecule has 2 heterocycles. The summed E-state index contributed by atoms with van der Waals surface area (Å²) in [5.41, 5.74) is 2.80. The largest absolute Gasteiger partial charge is 0.264 e. The molecule has 19 heavy (non-hydrogen) atoms. The first-order chi connectivity index (χ1) is 9.16. The first kappa shape index (κ1) is 12.1. The molecule has 0 amide bonds. The van der Waals surface area contributed by atoms with Gasteiger partial charge in [-0.15, -0.1) is 0 Å². The van der Waals surface area contributed by atoms with E-state index in [1.54, 1.807) is 6.20 Å². The van der Waals surface area contributed by atoms with E-state index in [0.29, 0.717) is 11.0 Å². The van der Waals surface area contributed by atoms with Crippen molar-refractivity contribution in [2.75, 3.05) is 0 Å². The van der Waals surface area contributed by atoms with Crippen molar-refractivity contribution in [3.8, 4) is 11.3 Å². The molecule has 0 aliphatic heterocycles. The monoisotopic (exact) mass is 269 g/mol. The molecule has 0 saturated heterocycles. The number of nitrogens with zero attached hydrogens (tertiary/aromatic N) is 3. The molecule has 4 heteroatoms. The third kappa shape index (κ3) is 2.06. The minimum atomic E-state index is 0.503. The molecule has 3 rings (SSSR count). The van der Waals surface area contributed by atoms with E-state index >= 15 is 0 Å². The van der Waals surface area contributed by atoms with Crippen LogP contribution in [0, 0.1) is 13.8 Å². The Kier molecular flexibility index (Phi) is 2.91. The number of hydrogen-bond acceptors (Lipinski definition) is 3. The van der Waals surface area contributed by atoms with E-state index in [2.05, 4.69) is 21.0 Å². The van der Waals surface area contributed by atoms with Crippen molar-refractivity contribution in [3.63, 3.8) is 0 Å². The number of aromatic nitrogens is 3. The zero-order valence-corrected chi connectivity index (χ0v) is 11.4. The second-order valence-electron chi connectivity index (χ2n) is 4.44. The maximum atomic E-state index is 6.15. The number of aryl methyl sites for hydroxylation is 1. The van der Waals surface area contributed by atoms with E-state index in [1.165, 1.54) is 0 Å². The van der Waals surface area contributed by atoms with E-state index in [1.807, 2.05) is 38.2 Å². The second kappa shape index (κ2) is 4.59. The van der Waals surface area contributed by atoms with E-state index in [9.17, 15) is 0 Å².